The first kappa shape index (κ1) is 18.8. The average Bonchev–Trinajstić information content (AvgIpc) is 3.14. The highest BCUT2D eigenvalue weighted by Gasteiger charge is 2.51. The smallest absolute Gasteiger partial charge is 0.249 e. The third-order valence-corrected chi connectivity index (χ3v) is 5.30. The van der Waals surface area contributed by atoms with Gasteiger partial charge in [0.25, 0.3) is 0 Å². The van der Waals surface area contributed by atoms with E-state index in [1.165, 1.54) is 0 Å². The van der Waals surface area contributed by atoms with Crippen LogP contribution in [0.3, 0.4) is 0 Å². The van der Waals surface area contributed by atoms with Crippen molar-refractivity contribution in [2.24, 2.45) is 5.92 Å². The number of ether oxygens (including phenoxy) is 1. The number of nitrogens with one attached hydrogen (secondary N) is 1. The number of aromatic nitrogens is 2. The molecule has 7 nitrogen and oxygen atoms in total. The van der Waals surface area contributed by atoms with Crippen molar-refractivity contribution in [3.05, 3.63) is 18.5 Å². The third kappa shape index (κ3) is 3.58. The molecule has 1 aliphatic heterocycles. The van der Waals surface area contributed by atoms with Crippen LogP contribution in [0.1, 0.15) is 25.7 Å². The number of hydrogen-bond acceptors (Lipinski definition) is 4. The van der Waals surface area contributed by atoms with E-state index >= 15 is 0 Å². The summed E-state index contributed by atoms with van der Waals surface area (Å²) in [6.07, 6.45) is 3.39. The van der Waals surface area contributed by atoms with E-state index < -0.39 is 17.4 Å². The van der Waals surface area contributed by atoms with Crippen LogP contribution in [0.25, 0.3) is 0 Å². The second kappa shape index (κ2) is 7.30. The molecular formula is C17H24F2N4O3. The number of likely N-dealkylation sites (tertiary alicyclic amines) is 1. The summed E-state index contributed by atoms with van der Waals surface area (Å²) in [6.45, 7) is 1.48. The standard InChI is InChI=1S/C17H24F2N4O3/c1-26-10-6-20-15(25)16(23-7-2-5-21-23)3-8-22(9-4-16)14(24)13-11-17(18,19)12-13/h2,5,7,13H,3-4,6,8-12H2,1H3,(H,20,25). The number of halogens is 2. The van der Waals surface area contributed by atoms with Crippen molar-refractivity contribution >= 4 is 11.8 Å². The zero-order valence-corrected chi connectivity index (χ0v) is 14.8. The van der Waals surface area contributed by atoms with Gasteiger partial charge in [0.1, 0.15) is 5.54 Å². The Bertz CT molecular complexity index is 634. The summed E-state index contributed by atoms with van der Waals surface area (Å²) in [5.41, 5.74) is -0.877. The Morgan fingerprint density at radius 3 is 2.54 bits per heavy atom. The summed E-state index contributed by atoms with van der Waals surface area (Å²) in [6, 6.07) is 1.75. The van der Waals surface area contributed by atoms with E-state index in [4.69, 9.17) is 4.74 Å². The van der Waals surface area contributed by atoms with Crippen LogP contribution in [0.5, 0.6) is 0 Å². The van der Waals surface area contributed by atoms with Crippen LogP contribution >= 0.6 is 0 Å². The van der Waals surface area contributed by atoms with Crippen LogP contribution in [0.15, 0.2) is 18.5 Å². The molecule has 3 rings (SSSR count). The van der Waals surface area contributed by atoms with Crippen molar-refractivity contribution in [1.82, 2.24) is 20.0 Å². The number of piperidine rings is 1. The predicted molar refractivity (Wildman–Crippen MR) is 88.6 cm³/mol. The molecule has 0 aromatic carbocycles. The molecule has 2 heterocycles. The van der Waals surface area contributed by atoms with E-state index in [0.717, 1.165) is 0 Å². The number of hydrogen-bond donors (Lipinski definition) is 1. The highest BCUT2D eigenvalue weighted by Crippen LogP contribution is 2.44. The Morgan fingerprint density at radius 1 is 1.31 bits per heavy atom. The lowest BCUT2D eigenvalue weighted by Gasteiger charge is -2.43. The molecule has 2 fully saturated rings. The van der Waals surface area contributed by atoms with E-state index in [0.29, 0.717) is 39.1 Å². The monoisotopic (exact) mass is 370 g/mol. The third-order valence-electron chi connectivity index (χ3n) is 5.30. The molecule has 0 unspecified atom stereocenters. The lowest BCUT2D eigenvalue weighted by molar-refractivity contribution is -0.162. The summed E-state index contributed by atoms with van der Waals surface area (Å²) in [5, 5.41) is 7.09. The van der Waals surface area contributed by atoms with Gasteiger partial charge in [0.2, 0.25) is 17.7 Å². The largest absolute Gasteiger partial charge is 0.383 e. The van der Waals surface area contributed by atoms with Gasteiger partial charge in [-0.25, -0.2) is 8.78 Å². The van der Waals surface area contributed by atoms with Crippen molar-refractivity contribution in [1.29, 1.82) is 0 Å². The second-order valence-corrected chi connectivity index (χ2v) is 7.02. The normalized spacial score (nSPS) is 21.9. The molecule has 1 saturated heterocycles. The first-order valence-electron chi connectivity index (χ1n) is 8.82. The van der Waals surface area contributed by atoms with Crippen LogP contribution in [0.2, 0.25) is 0 Å². The van der Waals surface area contributed by atoms with Gasteiger partial charge in [-0.2, -0.15) is 5.10 Å². The Balaban J connectivity index is 1.66. The Hall–Kier alpha value is -2.03. The fraction of sp³-hybridized carbons (Fsp3) is 0.706. The number of amides is 2. The number of alkyl halides is 2. The highest BCUT2D eigenvalue weighted by atomic mass is 19.3. The van der Waals surface area contributed by atoms with Crippen LogP contribution in [-0.4, -0.2) is 65.8 Å². The van der Waals surface area contributed by atoms with Crippen LogP contribution in [0, 0.1) is 5.92 Å². The zero-order valence-electron chi connectivity index (χ0n) is 14.8. The fourth-order valence-corrected chi connectivity index (χ4v) is 3.70. The maximum absolute atomic E-state index is 13.0. The molecule has 9 heteroatoms. The minimum atomic E-state index is -2.71. The Kier molecular flexibility index (Phi) is 5.27. The van der Waals surface area contributed by atoms with E-state index in [-0.39, 0.29) is 24.7 Å². The Morgan fingerprint density at radius 2 is 2.00 bits per heavy atom. The first-order chi connectivity index (χ1) is 12.4. The Labute approximate surface area is 150 Å². The van der Waals surface area contributed by atoms with Gasteiger partial charge in [0.15, 0.2) is 0 Å². The minimum Gasteiger partial charge on any atom is -0.383 e. The van der Waals surface area contributed by atoms with E-state index in [9.17, 15) is 18.4 Å². The number of methoxy groups -OCH3 is 1. The topological polar surface area (TPSA) is 76.5 Å². The van der Waals surface area contributed by atoms with Crippen molar-refractivity contribution in [2.75, 3.05) is 33.4 Å². The molecule has 0 radical (unpaired) electrons. The maximum atomic E-state index is 13.0. The van der Waals surface area contributed by atoms with E-state index in [2.05, 4.69) is 10.4 Å². The SMILES string of the molecule is COCCNC(=O)C1(n2cccn2)CCN(C(=O)C2CC(F)(F)C2)CC1. The van der Waals surface area contributed by atoms with E-state index in [1.54, 1.807) is 35.2 Å². The van der Waals surface area contributed by atoms with Gasteiger partial charge in [-0.05, 0) is 18.9 Å². The van der Waals surface area contributed by atoms with Gasteiger partial charge in [-0.3, -0.25) is 14.3 Å². The summed E-state index contributed by atoms with van der Waals surface area (Å²) >= 11 is 0. The van der Waals surface area contributed by atoms with E-state index in [1.807, 2.05) is 0 Å². The molecule has 0 bridgehead atoms. The molecule has 2 amide bonds. The number of rotatable bonds is 6. The number of carbonyl (C=O) groups excluding carboxylic acids is 2. The summed E-state index contributed by atoms with van der Waals surface area (Å²) in [7, 11) is 1.56. The molecule has 1 aromatic rings. The number of nitrogens with zero attached hydrogens (tertiary/aromatic N) is 3. The average molecular weight is 370 g/mol. The molecule has 1 N–H and O–H groups in total. The summed E-state index contributed by atoms with van der Waals surface area (Å²) in [4.78, 5) is 26.8. The second-order valence-electron chi connectivity index (χ2n) is 7.02. The van der Waals surface area contributed by atoms with Crippen molar-refractivity contribution < 1.29 is 23.1 Å². The quantitative estimate of drug-likeness (QED) is 0.759. The zero-order chi connectivity index (χ0) is 18.8. The molecule has 2 aliphatic rings. The first-order valence-corrected chi connectivity index (χ1v) is 8.82. The van der Waals surface area contributed by atoms with Gasteiger partial charge >= 0.3 is 0 Å². The molecular weight excluding hydrogens is 346 g/mol. The molecule has 144 valence electrons. The molecule has 0 spiro atoms. The number of carbonyl (C=O) groups is 2. The van der Waals surface area contributed by atoms with Gasteiger partial charge in [-0.1, -0.05) is 0 Å². The van der Waals surface area contributed by atoms with Crippen molar-refractivity contribution in [2.45, 2.75) is 37.1 Å². The summed E-state index contributed by atoms with van der Waals surface area (Å²) < 4.78 is 32.7. The fourth-order valence-electron chi connectivity index (χ4n) is 3.70. The lowest BCUT2D eigenvalue weighted by Crippen LogP contribution is -2.58. The molecule has 26 heavy (non-hydrogen) atoms. The van der Waals surface area contributed by atoms with Gasteiger partial charge in [0, 0.05) is 57.9 Å². The van der Waals surface area contributed by atoms with Gasteiger partial charge < -0.3 is 15.0 Å². The lowest BCUT2D eigenvalue weighted by atomic mass is 9.79. The summed E-state index contributed by atoms with van der Waals surface area (Å²) in [5.74, 6) is -3.71. The molecule has 1 saturated carbocycles. The van der Waals surface area contributed by atoms with Gasteiger partial charge in [-0.15, -0.1) is 0 Å². The van der Waals surface area contributed by atoms with Crippen molar-refractivity contribution in [3.8, 4) is 0 Å². The van der Waals surface area contributed by atoms with Gasteiger partial charge in [0.05, 0.1) is 6.61 Å². The molecule has 0 atom stereocenters. The minimum absolute atomic E-state index is 0.166. The van der Waals surface area contributed by atoms with Crippen LogP contribution < -0.4 is 5.32 Å². The molecule has 1 aromatic heterocycles. The molecule has 1 aliphatic carbocycles. The van der Waals surface area contributed by atoms with Crippen molar-refractivity contribution in [3.63, 3.8) is 0 Å². The van der Waals surface area contributed by atoms with Crippen LogP contribution in [-0.2, 0) is 19.9 Å². The van der Waals surface area contributed by atoms with Crippen LogP contribution in [0.4, 0.5) is 8.78 Å². The highest BCUT2D eigenvalue weighted by molar-refractivity contribution is 5.85. The maximum Gasteiger partial charge on any atom is 0.249 e. The predicted octanol–water partition coefficient (Wildman–Crippen LogP) is 1.01.